The van der Waals surface area contributed by atoms with Gasteiger partial charge in [-0.2, -0.15) is 0 Å². The summed E-state index contributed by atoms with van der Waals surface area (Å²) in [5, 5.41) is 2.97. The van der Waals surface area contributed by atoms with Crippen molar-refractivity contribution in [2.75, 3.05) is 6.61 Å². The second kappa shape index (κ2) is 11.8. The number of carbonyl (C=O) groups excluding carboxylic acids is 3. The Morgan fingerprint density at radius 1 is 1.03 bits per heavy atom. The summed E-state index contributed by atoms with van der Waals surface area (Å²) in [4.78, 5) is 34.7. The van der Waals surface area contributed by atoms with Crippen LogP contribution in [0.3, 0.4) is 0 Å². The third-order valence-electron chi connectivity index (χ3n) is 4.72. The van der Waals surface area contributed by atoms with E-state index in [-0.39, 0.29) is 36.7 Å². The number of aldehydes is 1. The highest BCUT2D eigenvalue weighted by Crippen LogP contribution is 2.21. The van der Waals surface area contributed by atoms with Gasteiger partial charge in [-0.25, -0.2) is 0 Å². The molecule has 0 bridgehead atoms. The quantitative estimate of drug-likeness (QED) is 0.462. The Morgan fingerprint density at radius 3 is 2.31 bits per heavy atom. The van der Waals surface area contributed by atoms with Gasteiger partial charge in [0.05, 0.1) is 12.5 Å². The maximum absolute atomic E-state index is 12.1. The molecule has 0 radical (unpaired) electrons. The third-order valence-corrected chi connectivity index (χ3v) is 4.72. The van der Waals surface area contributed by atoms with Crippen LogP contribution in [0.25, 0.3) is 11.1 Å². The third kappa shape index (κ3) is 7.53. The van der Waals surface area contributed by atoms with Gasteiger partial charge in [-0.3, -0.25) is 9.59 Å². The summed E-state index contributed by atoms with van der Waals surface area (Å²) in [6, 6.07) is 18.1. The summed E-state index contributed by atoms with van der Waals surface area (Å²) in [6.07, 6.45) is 2.16. The Kier molecular flexibility index (Phi) is 9.09. The molecule has 0 aliphatic carbocycles. The molecule has 0 heterocycles. The summed E-state index contributed by atoms with van der Waals surface area (Å²) in [6.45, 7) is 3.92. The number of ether oxygens (including phenoxy) is 1. The first-order valence-corrected chi connectivity index (χ1v) is 10.1. The van der Waals surface area contributed by atoms with Crippen LogP contribution in [-0.2, 0) is 25.5 Å². The average molecular weight is 395 g/mol. The van der Waals surface area contributed by atoms with Crippen LogP contribution in [0, 0.1) is 5.92 Å². The molecule has 0 aliphatic heterocycles. The van der Waals surface area contributed by atoms with Crippen molar-refractivity contribution in [3.63, 3.8) is 0 Å². The summed E-state index contributed by atoms with van der Waals surface area (Å²) in [5.41, 5.74) is 3.34. The minimum atomic E-state index is -0.324. The minimum Gasteiger partial charge on any atom is -0.466 e. The molecule has 1 unspecified atom stereocenters. The lowest BCUT2D eigenvalue weighted by atomic mass is 9.94. The molecule has 2 rings (SSSR count). The molecule has 1 N–H and O–H groups in total. The molecule has 2 aromatic carbocycles. The van der Waals surface area contributed by atoms with Crippen LogP contribution in [0.1, 0.15) is 38.7 Å². The number of benzene rings is 2. The summed E-state index contributed by atoms with van der Waals surface area (Å²) < 4.78 is 5.09. The molecule has 0 fully saturated rings. The lowest BCUT2D eigenvalue weighted by Crippen LogP contribution is -2.38. The molecule has 1 amide bonds. The fourth-order valence-electron chi connectivity index (χ4n) is 3.24. The van der Waals surface area contributed by atoms with E-state index >= 15 is 0 Å². The molecule has 5 nitrogen and oxygen atoms in total. The van der Waals surface area contributed by atoms with E-state index in [0.717, 1.165) is 23.0 Å². The predicted molar refractivity (Wildman–Crippen MR) is 113 cm³/mol. The highest BCUT2D eigenvalue weighted by Gasteiger charge is 2.21. The van der Waals surface area contributed by atoms with E-state index in [1.54, 1.807) is 13.8 Å². The van der Waals surface area contributed by atoms with Crippen LogP contribution in [0.15, 0.2) is 54.6 Å². The highest BCUT2D eigenvalue weighted by atomic mass is 16.5. The topological polar surface area (TPSA) is 72.5 Å². The Balaban J connectivity index is 2.07. The second-order valence-electron chi connectivity index (χ2n) is 7.13. The van der Waals surface area contributed by atoms with Gasteiger partial charge in [-0.1, -0.05) is 61.5 Å². The normalized spacial score (nSPS) is 12.6. The number of rotatable bonds is 11. The van der Waals surface area contributed by atoms with Crippen molar-refractivity contribution in [1.82, 2.24) is 5.32 Å². The molecule has 0 spiro atoms. The Bertz CT molecular complexity index is 786. The van der Waals surface area contributed by atoms with Crippen LogP contribution in [-0.4, -0.2) is 30.8 Å². The first-order valence-electron chi connectivity index (χ1n) is 10.1. The van der Waals surface area contributed by atoms with Crippen LogP contribution in [0.4, 0.5) is 0 Å². The van der Waals surface area contributed by atoms with E-state index in [1.165, 1.54) is 0 Å². The van der Waals surface area contributed by atoms with Crippen LogP contribution >= 0.6 is 0 Å². The van der Waals surface area contributed by atoms with E-state index < -0.39 is 0 Å². The lowest BCUT2D eigenvalue weighted by Gasteiger charge is -2.22. The number of esters is 1. The maximum atomic E-state index is 12.1. The molecule has 0 aromatic heterocycles. The molecule has 0 saturated carbocycles. The maximum Gasteiger partial charge on any atom is 0.308 e. The van der Waals surface area contributed by atoms with Crippen LogP contribution in [0.2, 0.25) is 0 Å². The van der Waals surface area contributed by atoms with Gasteiger partial charge in [0, 0.05) is 18.9 Å². The first-order chi connectivity index (χ1) is 14.0. The fraction of sp³-hybridized carbons (Fsp3) is 0.375. The zero-order valence-corrected chi connectivity index (χ0v) is 17.1. The summed E-state index contributed by atoms with van der Waals surface area (Å²) >= 11 is 0. The number of hydrogen-bond acceptors (Lipinski definition) is 4. The van der Waals surface area contributed by atoms with Crippen molar-refractivity contribution < 1.29 is 19.1 Å². The molecule has 154 valence electrons. The highest BCUT2D eigenvalue weighted by molar-refractivity contribution is 5.78. The average Bonchev–Trinajstić information content (AvgIpc) is 2.73. The lowest BCUT2D eigenvalue weighted by molar-refractivity contribution is -0.148. The number of hydrogen-bond donors (Lipinski definition) is 1. The van der Waals surface area contributed by atoms with E-state index in [1.807, 2.05) is 30.3 Å². The van der Waals surface area contributed by atoms with Crippen molar-refractivity contribution in [2.24, 2.45) is 5.92 Å². The SMILES string of the molecule is CCOC(=O)[C@H](C)CC(Cc1ccc(-c2ccccc2)cc1)NC(=O)CCC=O. The standard InChI is InChI=1S/C24H29NO4/c1-3-29-24(28)18(2)16-22(25-23(27)10-7-15-26)17-19-11-13-21(14-12-19)20-8-5-4-6-9-20/h4-6,8-9,11-15,18,22H,3,7,10,16-17H2,1-2H3,(H,25,27)/t18-,22?/m1/s1. The Labute approximate surface area is 172 Å². The molecule has 5 heteroatoms. The van der Waals surface area contributed by atoms with Crippen molar-refractivity contribution in [1.29, 1.82) is 0 Å². The summed E-state index contributed by atoms with van der Waals surface area (Å²) in [7, 11) is 0. The molecule has 0 aliphatic rings. The zero-order chi connectivity index (χ0) is 21.1. The van der Waals surface area contributed by atoms with Gasteiger partial charge in [-0.05, 0) is 36.5 Å². The number of amides is 1. The van der Waals surface area contributed by atoms with Gasteiger partial charge >= 0.3 is 5.97 Å². The number of carbonyl (C=O) groups is 3. The van der Waals surface area contributed by atoms with Gasteiger partial charge in [0.1, 0.15) is 6.29 Å². The zero-order valence-electron chi connectivity index (χ0n) is 17.1. The number of nitrogens with one attached hydrogen (secondary N) is 1. The Hall–Kier alpha value is -2.95. The van der Waals surface area contributed by atoms with E-state index in [9.17, 15) is 14.4 Å². The van der Waals surface area contributed by atoms with Gasteiger partial charge in [0.2, 0.25) is 5.91 Å². The van der Waals surface area contributed by atoms with Gasteiger partial charge in [0.25, 0.3) is 0 Å². The van der Waals surface area contributed by atoms with Gasteiger partial charge in [-0.15, -0.1) is 0 Å². The van der Waals surface area contributed by atoms with E-state index in [2.05, 4.69) is 29.6 Å². The molecule has 29 heavy (non-hydrogen) atoms. The van der Waals surface area contributed by atoms with Gasteiger partial charge in [0.15, 0.2) is 0 Å². The first kappa shape index (κ1) is 22.3. The minimum absolute atomic E-state index is 0.154. The summed E-state index contributed by atoms with van der Waals surface area (Å²) in [5.74, 6) is -0.770. The Morgan fingerprint density at radius 2 is 1.69 bits per heavy atom. The van der Waals surface area contributed by atoms with E-state index in [4.69, 9.17) is 4.74 Å². The molecular weight excluding hydrogens is 366 g/mol. The van der Waals surface area contributed by atoms with Crippen molar-refractivity contribution in [3.05, 3.63) is 60.2 Å². The van der Waals surface area contributed by atoms with Crippen molar-refractivity contribution in [3.8, 4) is 11.1 Å². The van der Waals surface area contributed by atoms with Crippen LogP contribution in [0.5, 0.6) is 0 Å². The van der Waals surface area contributed by atoms with E-state index in [0.29, 0.717) is 19.4 Å². The second-order valence-corrected chi connectivity index (χ2v) is 7.13. The molecule has 0 saturated heterocycles. The van der Waals surface area contributed by atoms with Gasteiger partial charge < -0.3 is 14.8 Å². The van der Waals surface area contributed by atoms with Crippen LogP contribution < -0.4 is 5.32 Å². The monoisotopic (exact) mass is 395 g/mol. The molecular formula is C24H29NO4. The van der Waals surface area contributed by atoms with Crippen molar-refractivity contribution >= 4 is 18.2 Å². The van der Waals surface area contributed by atoms with Crippen molar-refractivity contribution in [2.45, 2.75) is 45.6 Å². The smallest absolute Gasteiger partial charge is 0.308 e. The fourth-order valence-corrected chi connectivity index (χ4v) is 3.24. The molecule has 2 aromatic rings. The largest absolute Gasteiger partial charge is 0.466 e. The predicted octanol–water partition coefficient (Wildman–Crippen LogP) is 3.95. The molecule has 2 atom stereocenters.